The zero-order valence-corrected chi connectivity index (χ0v) is 7.38. The molecule has 2 fully saturated rings. The van der Waals surface area contributed by atoms with Gasteiger partial charge in [-0.2, -0.15) is 0 Å². The van der Waals surface area contributed by atoms with Gasteiger partial charge in [-0.15, -0.1) is 0 Å². The Labute approximate surface area is 72.3 Å². The molecule has 66 valence electrons. The summed E-state index contributed by atoms with van der Waals surface area (Å²) in [6.45, 7) is 2.17. The summed E-state index contributed by atoms with van der Waals surface area (Å²) in [4.78, 5) is 22.6. The van der Waals surface area contributed by atoms with Crippen LogP contribution in [0.3, 0.4) is 0 Å². The Morgan fingerprint density at radius 3 is 2.50 bits per heavy atom. The van der Waals surface area contributed by atoms with Crippen molar-refractivity contribution in [1.29, 1.82) is 0 Å². The smallest absolute Gasteiger partial charge is 0.144 e. The van der Waals surface area contributed by atoms with Crippen molar-refractivity contribution in [2.45, 2.75) is 32.6 Å². The average molecular weight is 166 g/mol. The molecule has 0 bridgehead atoms. The summed E-state index contributed by atoms with van der Waals surface area (Å²) in [6.07, 6.45) is 3.26. The van der Waals surface area contributed by atoms with Gasteiger partial charge in [0, 0.05) is 11.8 Å². The molecular formula is C10H14O2. The molecule has 0 radical (unpaired) electrons. The van der Waals surface area contributed by atoms with E-state index in [1.807, 2.05) is 0 Å². The fourth-order valence-electron chi connectivity index (χ4n) is 2.56. The molecule has 0 heterocycles. The SMILES string of the molecule is CC1CC[C@@H]2C(=O)CC(=O)[C@@H]2C1. The van der Waals surface area contributed by atoms with E-state index in [1.54, 1.807) is 0 Å². The summed E-state index contributed by atoms with van der Waals surface area (Å²) in [6, 6.07) is 0. The van der Waals surface area contributed by atoms with Crippen molar-refractivity contribution in [3.05, 3.63) is 0 Å². The van der Waals surface area contributed by atoms with Crippen LogP contribution in [0.25, 0.3) is 0 Å². The van der Waals surface area contributed by atoms with Crippen LogP contribution in [0.2, 0.25) is 0 Å². The van der Waals surface area contributed by atoms with Gasteiger partial charge in [-0.1, -0.05) is 6.92 Å². The van der Waals surface area contributed by atoms with E-state index >= 15 is 0 Å². The van der Waals surface area contributed by atoms with Crippen LogP contribution in [0.5, 0.6) is 0 Å². The second kappa shape index (κ2) is 2.68. The average Bonchev–Trinajstić information content (AvgIpc) is 2.28. The lowest BCUT2D eigenvalue weighted by molar-refractivity contribution is -0.122. The highest BCUT2D eigenvalue weighted by molar-refractivity contribution is 6.08. The normalized spacial score (nSPS) is 41.6. The first-order valence-electron chi connectivity index (χ1n) is 4.74. The van der Waals surface area contributed by atoms with Crippen LogP contribution < -0.4 is 0 Å². The molecule has 2 aliphatic rings. The van der Waals surface area contributed by atoms with Gasteiger partial charge in [0.1, 0.15) is 11.6 Å². The topological polar surface area (TPSA) is 34.1 Å². The molecule has 2 saturated carbocycles. The Kier molecular flexibility index (Phi) is 1.78. The predicted molar refractivity (Wildman–Crippen MR) is 44.6 cm³/mol. The Bertz CT molecular complexity index is 232. The first-order valence-corrected chi connectivity index (χ1v) is 4.74. The molecule has 2 rings (SSSR count). The van der Waals surface area contributed by atoms with E-state index in [0.717, 1.165) is 19.3 Å². The van der Waals surface area contributed by atoms with E-state index in [9.17, 15) is 9.59 Å². The van der Waals surface area contributed by atoms with Crippen LogP contribution in [-0.4, -0.2) is 11.6 Å². The third-order valence-corrected chi connectivity index (χ3v) is 3.29. The predicted octanol–water partition coefficient (Wildman–Crippen LogP) is 1.58. The Hall–Kier alpha value is -0.660. The lowest BCUT2D eigenvalue weighted by Crippen LogP contribution is -2.25. The van der Waals surface area contributed by atoms with Crippen molar-refractivity contribution < 1.29 is 9.59 Å². The molecule has 12 heavy (non-hydrogen) atoms. The third-order valence-electron chi connectivity index (χ3n) is 3.29. The van der Waals surface area contributed by atoms with Crippen molar-refractivity contribution in [2.24, 2.45) is 17.8 Å². The quantitative estimate of drug-likeness (QED) is 0.512. The van der Waals surface area contributed by atoms with Gasteiger partial charge in [0.15, 0.2) is 0 Å². The number of ketones is 2. The van der Waals surface area contributed by atoms with Gasteiger partial charge in [-0.05, 0) is 25.2 Å². The van der Waals surface area contributed by atoms with Crippen molar-refractivity contribution >= 4 is 11.6 Å². The molecule has 0 aliphatic heterocycles. The van der Waals surface area contributed by atoms with E-state index in [0.29, 0.717) is 5.92 Å². The number of carbonyl (C=O) groups is 2. The number of hydrogen-bond donors (Lipinski definition) is 0. The van der Waals surface area contributed by atoms with E-state index in [2.05, 4.69) is 6.92 Å². The number of Topliss-reactive ketones (excluding diaryl/α,β-unsaturated/α-hetero) is 2. The maximum Gasteiger partial charge on any atom is 0.144 e. The summed E-state index contributed by atoms with van der Waals surface area (Å²) < 4.78 is 0. The van der Waals surface area contributed by atoms with Gasteiger partial charge in [0.05, 0.1) is 6.42 Å². The number of carbonyl (C=O) groups excluding carboxylic acids is 2. The Morgan fingerprint density at radius 1 is 1.08 bits per heavy atom. The summed E-state index contributed by atoms with van der Waals surface area (Å²) >= 11 is 0. The van der Waals surface area contributed by atoms with Gasteiger partial charge in [0.2, 0.25) is 0 Å². The minimum absolute atomic E-state index is 0.0984. The molecule has 2 heteroatoms. The molecule has 0 N–H and O–H groups in total. The summed E-state index contributed by atoms with van der Waals surface area (Å²) in [7, 11) is 0. The van der Waals surface area contributed by atoms with Crippen molar-refractivity contribution in [1.82, 2.24) is 0 Å². The van der Waals surface area contributed by atoms with Crippen molar-refractivity contribution in [2.75, 3.05) is 0 Å². The van der Waals surface area contributed by atoms with Crippen LogP contribution >= 0.6 is 0 Å². The van der Waals surface area contributed by atoms with E-state index in [-0.39, 0.29) is 29.8 Å². The van der Waals surface area contributed by atoms with Crippen LogP contribution in [0.15, 0.2) is 0 Å². The number of rotatable bonds is 0. The Balaban J connectivity index is 2.17. The first kappa shape index (κ1) is 7.96. The van der Waals surface area contributed by atoms with Gasteiger partial charge >= 0.3 is 0 Å². The van der Waals surface area contributed by atoms with Gasteiger partial charge in [-0.3, -0.25) is 9.59 Å². The number of hydrogen-bond acceptors (Lipinski definition) is 2. The molecule has 1 unspecified atom stereocenters. The fraction of sp³-hybridized carbons (Fsp3) is 0.800. The largest absolute Gasteiger partial charge is 0.299 e. The summed E-state index contributed by atoms with van der Waals surface area (Å²) in [5.74, 6) is 1.25. The maximum absolute atomic E-state index is 11.3. The van der Waals surface area contributed by atoms with E-state index < -0.39 is 0 Å². The molecule has 0 aromatic rings. The molecule has 0 aromatic heterocycles. The summed E-state index contributed by atoms with van der Waals surface area (Å²) in [5.41, 5.74) is 0. The second-order valence-corrected chi connectivity index (χ2v) is 4.24. The van der Waals surface area contributed by atoms with Gasteiger partial charge in [0.25, 0.3) is 0 Å². The lowest BCUT2D eigenvalue weighted by atomic mass is 9.76. The molecule has 0 saturated heterocycles. The second-order valence-electron chi connectivity index (χ2n) is 4.24. The Morgan fingerprint density at radius 2 is 1.75 bits per heavy atom. The molecule has 0 amide bonds. The molecule has 0 aromatic carbocycles. The molecule has 3 atom stereocenters. The minimum Gasteiger partial charge on any atom is -0.299 e. The highest BCUT2D eigenvalue weighted by atomic mass is 16.2. The molecule has 0 spiro atoms. The molecule has 2 aliphatic carbocycles. The van der Waals surface area contributed by atoms with Gasteiger partial charge in [-0.25, -0.2) is 0 Å². The molecule has 2 nitrogen and oxygen atoms in total. The fourth-order valence-corrected chi connectivity index (χ4v) is 2.56. The maximum atomic E-state index is 11.3. The summed E-state index contributed by atoms with van der Waals surface area (Å²) in [5, 5.41) is 0. The van der Waals surface area contributed by atoms with Crippen LogP contribution in [0.4, 0.5) is 0 Å². The highest BCUT2D eigenvalue weighted by Gasteiger charge is 2.43. The third kappa shape index (κ3) is 1.10. The van der Waals surface area contributed by atoms with E-state index in [1.165, 1.54) is 0 Å². The minimum atomic E-state index is 0.0984. The van der Waals surface area contributed by atoms with Crippen molar-refractivity contribution in [3.63, 3.8) is 0 Å². The van der Waals surface area contributed by atoms with E-state index in [4.69, 9.17) is 0 Å². The zero-order valence-electron chi connectivity index (χ0n) is 7.38. The van der Waals surface area contributed by atoms with Crippen molar-refractivity contribution in [3.8, 4) is 0 Å². The van der Waals surface area contributed by atoms with Gasteiger partial charge < -0.3 is 0 Å². The van der Waals surface area contributed by atoms with Crippen LogP contribution in [-0.2, 0) is 9.59 Å². The number of fused-ring (bicyclic) bond motifs is 1. The standard InChI is InChI=1S/C10H14O2/c1-6-2-3-7-8(4-6)10(12)5-9(7)11/h6-8H,2-5H2,1H3/t6?,7-,8+/m0/s1. The lowest BCUT2D eigenvalue weighted by Gasteiger charge is -2.27. The zero-order chi connectivity index (χ0) is 8.72. The van der Waals surface area contributed by atoms with Crippen LogP contribution in [0, 0.1) is 17.8 Å². The van der Waals surface area contributed by atoms with Crippen LogP contribution in [0.1, 0.15) is 32.6 Å². The molecular weight excluding hydrogens is 152 g/mol. The first-order chi connectivity index (χ1) is 5.68. The highest BCUT2D eigenvalue weighted by Crippen LogP contribution is 2.40. The monoisotopic (exact) mass is 166 g/mol.